The van der Waals surface area contributed by atoms with Gasteiger partial charge in [0.05, 0.1) is 50.9 Å². The van der Waals surface area contributed by atoms with E-state index >= 15 is 0 Å². The van der Waals surface area contributed by atoms with Crippen LogP contribution in [0.4, 0.5) is 4.39 Å². The Kier molecular flexibility index (Phi) is 6.43. The van der Waals surface area contributed by atoms with Gasteiger partial charge in [0.1, 0.15) is 17.3 Å². The molecule has 0 radical (unpaired) electrons. The summed E-state index contributed by atoms with van der Waals surface area (Å²) in [5.41, 5.74) is 0.760. The highest BCUT2D eigenvalue weighted by Gasteiger charge is 2.46. The predicted molar refractivity (Wildman–Crippen MR) is 111 cm³/mol. The lowest BCUT2D eigenvalue weighted by atomic mass is 9.95. The van der Waals surface area contributed by atoms with Crippen molar-refractivity contribution in [2.45, 2.75) is 6.04 Å². The Morgan fingerprint density at radius 1 is 1.20 bits per heavy atom. The van der Waals surface area contributed by atoms with Crippen molar-refractivity contribution < 1.29 is 28.7 Å². The molecule has 1 aliphatic heterocycles. The number of nitrogens with one attached hydrogen (secondary N) is 1. The summed E-state index contributed by atoms with van der Waals surface area (Å²) in [6.45, 7) is 0.897. The Bertz CT molecular complexity index is 1000. The molecule has 1 fully saturated rings. The zero-order valence-corrected chi connectivity index (χ0v) is 17.7. The molecule has 0 bridgehead atoms. The topological polar surface area (TPSA) is 71.3 Å². The zero-order chi connectivity index (χ0) is 22.0. The maximum Gasteiger partial charge on any atom is 0.295 e. The predicted octanol–water partition coefficient (Wildman–Crippen LogP) is 2.05. The third kappa shape index (κ3) is 4.17. The standard InChI is InChI=1S/C22H22ClFN2O4/c1-25(2)10-11-26-19(13-4-7-15(24)8-5-13)18(21(28)22(26)29)20(27)14-6-9-17(30-3)16(23)12-14/h4-9,12,19,27H,10-11H2,1-3H3/p+1/b20-18-/t19-/m0/s1. The van der Waals surface area contributed by atoms with Crippen molar-refractivity contribution >= 4 is 29.1 Å². The van der Waals surface area contributed by atoms with Gasteiger partial charge in [0.25, 0.3) is 11.7 Å². The van der Waals surface area contributed by atoms with Gasteiger partial charge in [-0.25, -0.2) is 4.39 Å². The Balaban J connectivity index is 2.14. The summed E-state index contributed by atoms with van der Waals surface area (Å²) in [6.07, 6.45) is 0. The van der Waals surface area contributed by atoms with Gasteiger partial charge in [0, 0.05) is 5.56 Å². The van der Waals surface area contributed by atoms with Crippen molar-refractivity contribution in [2.75, 3.05) is 34.3 Å². The molecule has 1 saturated heterocycles. The Hall–Kier alpha value is -2.90. The zero-order valence-electron chi connectivity index (χ0n) is 16.9. The van der Waals surface area contributed by atoms with E-state index in [0.717, 1.165) is 4.90 Å². The summed E-state index contributed by atoms with van der Waals surface area (Å²) in [7, 11) is 5.33. The number of likely N-dealkylation sites (N-methyl/N-ethyl adjacent to an activating group) is 1. The fourth-order valence-electron chi connectivity index (χ4n) is 3.42. The first-order chi connectivity index (χ1) is 14.2. The molecule has 0 aliphatic carbocycles. The molecule has 8 heteroatoms. The van der Waals surface area contributed by atoms with E-state index in [-0.39, 0.29) is 21.9 Å². The van der Waals surface area contributed by atoms with Crippen LogP contribution in [0.3, 0.4) is 0 Å². The number of amides is 1. The van der Waals surface area contributed by atoms with Crippen LogP contribution < -0.4 is 9.64 Å². The van der Waals surface area contributed by atoms with Crippen LogP contribution in [-0.2, 0) is 9.59 Å². The van der Waals surface area contributed by atoms with Crippen LogP contribution in [0.15, 0.2) is 48.0 Å². The summed E-state index contributed by atoms with van der Waals surface area (Å²) in [5, 5.41) is 11.2. The van der Waals surface area contributed by atoms with Gasteiger partial charge in [-0.1, -0.05) is 23.7 Å². The number of rotatable bonds is 6. The first kappa shape index (κ1) is 21.8. The highest BCUT2D eigenvalue weighted by molar-refractivity contribution is 6.46. The molecule has 3 rings (SSSR count). The molecule has 1 aliphatic rings. The number of aliphatic hydroxyl groups is 1. The number of carbonyl (C=O) groups is 2. The average molecular weight is 434 g/mol. The van der Waals surface area contributed by atoms with Gasteiger partial charge in [-0.3, -0.25) is 9.59 Å². The Morgan fingerprint density at radius 3 is 2.43 bits per heavy atom. The van der Waals surface area contributed by atoms with Gasteiger partial charge in [0.15, 0.2) is 0 Å². The molecular weight excluding hydrogens is 411 g/mol. The van der Waals surface area contributed by atoms with Crippen LogP contribution in [-0.4, -0.2) is 56.0 Å². The summed E-state index contributed by atoms with van der Waals surface area (Å²) in [4.78, 5) is 28.2. The molecule has 2 N–H and O–H groups in total. The van der Waals surface area contributed by atoms with Crippen LogP contribution >= 0.6 is 11.6 Å². The number of methoxy groups -OCH3 is 1. The minimum atomic E-state index is -0.828. The van der Waals surface area contributed by atoms with Gasteiger partial charge in [-0.15, -0.1) is 0 Å². The fraction of sp³-hybridized carbons (Fsp3) is 0.273. The summed E-state index contributed by atoms with van der Waals surface area (Å²) < 4.78 is 18.6. The van der Waals surface area contributed by atoms with Gasteiger partial charge in [-0.05, 0) is 35.9 Å². The number of hydrogen-bond donors (Lipinski definition) is 2. The average Bonchev–Trinajstić information content (AvgIpc) is 2.96. The lowest BCUT2D eigenvalue weighted by molar-refractivity contribution is -0.857. The SMILES string of the molecule is COc1ccc(/C(O)=C2/C(=O)C(=O)N(CC[NH+](C)C)[C@H]2c2ccc(F)cc2)cc1Cl. The van der Waals surface area contributed by atoms with Crippen molar-refractivity contribution in [3.8, 4) is 5.75 Å². The number of aliphatic hydroxyl groups excluding tert-OH is 1. The van der Waals surface area contributed by atoms with Crippen molar-refractivity contribution in [1.82, 2.24) is 4.90 Å². The smallest absolute Gasteiger partial charge is 0.295 e. The number of halogens is 2. The van der Waals surface area contributed by atoms with Crippen LogP contribution in [0.2, 0.25) is 5.02 Å². The molecule has 2 aromatic carbocycles. The molecule has 2 aromatic rings. The lowest BCUT2D eigenvalue weighted by Gasteiger charge is -2.25. The second-order valence-electron chi connectivity index (χ2n) is 7.35. The third-order valence-corrected chi connectivity index (χ3v) is 5.30. The van der Waals surface area contributed by atoms with Crippen molar-refractivity contribution in [3.05, 3.63) is 70.0 Å². The molecule has 6 nitrogen and oxygen atoms in total. The maximum absolute atomic E-state index is 13.5. The molecule has 30 heavy (non-hydrogen) atoms. The fourth-order valence-corrected chi connectivity index (χ4v) is 3.67. The van der Waals surface area contributed by atoms with Gasteiger partial charge < -0.3 is 19.6 Å². The Labute approximate surface area is 179 Å². The largest absolute Gasteiger partial charge is 0.507 e. The molecule has 0 unspecified atom stereocenters. The van der Waals surface area contributed by atoms with E-state index in [9.17, 15) is 19.1 Å². The van der Waals surface area contributed by atoms with Crippen LogP contribution in [0.1, 0.15) is 17.2 Å². The number of hydrogen-bond acceptors (Lipinski definition) is 4. The van der Waals surface area contributed by atoms with Crippen molar-refractivity contribution in [2.24, 2.45) is 0 Å². The molecule has 0 aromatic heterocycles. The molecule has 1 atom stereocenters. The molecule has 0 saturated carbocycles. The number of ether oxygens (including phenoxy) is 1. The number of carbonyl (C=O) groups excluding carboxylic acids is 2. The first-order valence-electron chi connectivity index (χ1n) is 9.41. The second-order valence-corrected chi connectivity index (χ2v) is 7.76. The minimum absolute atomic E-state index is 0.0541. The maximum atomic E-state index is 13.5. The molecule has 1 heterocycles. The number of quaternary nitrogens is 1. The van der Waals surface area contributed by atoms with E-state index < -0.39 is 23.5 Å². The number of likely N-dealkylation sites (tertiary alicyclic amines) is 1. The lowest BCUT2D eigenvalue weighted by Crippen LogP contribution is -3.06. The first-order valence-corrected chi connectivity index (χ1v) is 9.79. The molecule has 0 spiro atoms. The number of ketones is 1. The van der Waals surface area contributed by atoms with Gasteiger partial charge >= 0.3 is 0 Å². The van der Waals surface area contributed by atoms with Crippen LogP contribution in [0, 0.1) is 5.82 Å². The van der Waals surface area contributed by atoms with Crippen LogP contribution in [0.25, 0.3) is 5.76 Å². The number of nitrogens with zero attached hydrogens (tertiary/aromatic N) is 1. The summed E-state index contributed by atoms with van der Waals surface area (Å²) >= 11 is 6.16. The van der Waals surface area contributed by atoms with E-state index in [1.807, 2.05) is 14.1 Å². The minimum Gasteiger partial charge on any atom is -0.507 e. The highest BCUT2D eigenvalue weighted by atomic mass is 35.5. The van der Waals surface area contributed by atoms with E-state index in [0.29, 0.717) is 24.4 Å². The quantitative estimate of drug-likeness (QED) is 0.415. The molecule has 158 valence electrons. The van der Waals surface area contributed by atoms with Crippen LogP contribution in [0.5, 0.6) is 5.75 Å². The van der Waals surface area contributed by atoms with Gasteiger partial charge in [0.2, 0.25) is 0 Å². The summed E-state index contributed by atoms with van der Waals surface area (Å²) in [6, 6.07) is 9.30. The van der Waals surface area contributed by atoms with Crippen molar-refractivity contribution in [3.63, 3.8) is 0 Å². The summed E-state index contributed by atoms with van der Waals surface area (Å²) in [5.74, 6) is -1.85. The number of benzene rings is 2. The molecular formula is C22H23ClFN2O4+. The van der Waals surface area contributed by atoms with Gasteiger partial charge in [-0.2, -0.15) is 0 Å². The van der Waals surface area contributed by atoms with E-state index in [4.69, 9.17) is 16.3 Å². The number of Topliss-reactive ketones (excluding diaryl/α,β-unsaturated/α-hetero) is 1. The second kappa shape index (κ2) is 8.85. The Morgan fingerprint density at radius 2 is 1.87 bits per heavy atom. The van der Waals surface area contributed by atoms with E-state index in [1.165, 1.54) is 42.3 Å². The normalized spacial score (nSPS) is 18.3. The van der Waals surface area contributed by atoms with E-state index in [2.05, 4.69) is 0 Å². The highest BCUT2D eigenvalue weighted by Crippen LogP contribution is 2.40. The van der Waals surface area contributed by atoms with Crippen molar-refractivity contribution in [1.29, 1.82) is 0 Å². The monoisotopic (exact) mass is 433 g/mol. The third-order valence-electron chi connectivity index (χ3n) is 5.00. The van der Waals surface area contributed by atoms with E-state index in [1.54, 1.807) is 12.1 Å². The molecule has 1 amide bonds.